The molecule has 6 heteroatoms. The van der Waals surface area contributed by atoms with Crippen LogP contribution in [0.15, 0.2) is 35.6 Å². The molecule has 0 saturated heterocycles. The highest BCUT2D eigenvalue weighted by Crippen LogP contribution is 2.14. The minimum Gasteiger partial charge on any atom is -0.380 e. The van der Waals surface area contributed by atoms with Crippen molar-refractivity contribution in [2.24, 2.45) is 0 Å². The van der Waals surface area contributed by atoms with E-state index in [1.807, 2.05) is 6.08 Å². The fourth-order valence-corrected chi connectivity index (χ4v) is 2.03. The Labute approximate surface area is 128 Å². The summed E-state index contributed by atoms with van der Waals surface area (Å²) in [6.07, 6.45) is 2.67. The summed E-state index contributed by atoms with van der Waals surface area (Å²) >= 11 is 5.92. The van der Waals surface area contributed by atoms with Crippen LogP contribution in [-0.4, -0.2) is 29.7 Å². The van der Waals surface area contributed by atoms with Crippen LogP contribution < -0.4 is 10.9 Å². The molecule has 112 valence electrons. The first kappa shape index (κ1) is 15.7. The van der Waals surface area contributed by atoms with E-state index in [1.165, 1.54) is 0 Å². The number of hydrogen-bond acceptors (Lipinski definition) is 4. The van der Waals surface area contributed by atoms with Crippen LogP contribution in [0.3, 0.4) is 0 Å². The van der Waals surface area contributed by atoms with Gasteiger partial charge in [-0.2, -0.15) is 0 Å². The number of ether oxygens (including phenoxy) is 1. The second-order valence-electron chi connectivity index (χ2n) is 4.54. The van der Waals surface area contributed by atoms with Crippen molar-refractivity contribution in [1.82, 2.24) is 15.3 Å². The maximum atomic E-state index is 11.9. The first-order chi connectivity index (χ1) is 10.2. The summed E-state index contributed by atoms with van der Waals surface area (Å²) in [6, 6.07) is 5.04. The van der Waals surface area contributed by atoms with Gasteiger partial charge < -0.3 is 15.0 Å². The average molecular weight is 308 g/mol. The molecule has 2 aromatic rings. The highest BCUT2D eigenvalue weighted by molar-refractivity contribution is 6.31. The van der Waals surface area contributed by atoms with Gasteiger partial charge in [0.15, 0.2) is 0 Å². The van der Waals surface area contributed by atoms with Crippen LogP contribution in [0.25, 0.3) is 10.9 Å². The van der Waals surface area contributed by atoms with E-state index in [0.717, 1.165) is 6.42 Å². The Morgan fingerprint density at radius 3 is 3.10 bits per heavy atom. The minimum atomic E-state index is -0.157. The molecule has 0 aliphatic heterocycles. The summed E-state index contributed by atoms with van der Waals surface area (Å²) in [4.78, 5) is 19.1. The molecule has 2 N–H and O–H groups in total. The Balaban J connectivity index is 1.90. The Hall–Kier alpha value is -1.69. The van der Waals surface area contributed by atoms with Gasteiger partial charge in [0.25, 0.3) is 5.56 Å². The zero-order valence-corrected chi connectivity index (χ0v) is 12.4. The first-order valence-electron chi connectivity index (χ1n) is 6.78. The second-order valence-corrected chi connectivity index (χ2v) is 4.98. The van der Waals surface area contributed by atoms with Gasteiger partial charge in [-0.3, -0.25) is 4.79 Å². The fourth-order valence-electron chi connectivity index (χ4n) is 1.86. The van der Waals surface area contributed by atoms with Gasteiger partial charge in [0.1, 0.15) is 5.82 Å². The molecule has 0 unspecified atom stereocenters. The molecule has 1 aromatic heterocycles. The van der Waals surface area contributed by atoms with E-state index in [-0.39, 0.29) is 5.56 Å². The van der Waals surface area contributed by atoms with Gasteiger partial charge in [0, 0.05) is 11.6 Å². The maximum Gasteiger partial charge on any atom is 0.258 e. The number of nitrogens with one attached hydrogen (secondary N) is 2. The van der Waals surface area contributed by atoms with E-state index in [1.54, 1.807) is 18.2 Å². The van der Waals surface area contributed by atoms with Crippen LogP contribution in [0.4, 0.5) is 0 Å². The molecule has 0 saturated carbocycles. The number of hydrogen-bond donors (Lipinski definition) is 2. The Bertz CT molecular complexity index is 670. The second kappa shape index (κ2) is 7.93. The van der Waals surface area contributed by atoms with Crippen molar-refractivity contribution in [3.05, 3.63) is 52.1 Å². The average Bonchev–Trinajstić information content (AvgIpc) is 2.46. The highest BCUT2D eigenvalue weighted by atomic mass is 35.5. The zero-order chi connectivity index (χ0) is 15.1. The lowest BCUT2D eigenvalue weighted by Gasteiger charge is -2.06. The zero-order valence-electron chi connectivity index (χ0n) is 11.7. The fraction of sp³-hybridized carbons (Fsp3) is 0.333. The van der Waals surface area contributed by atoms with Gasteiger partial charge in [0.05, 0.1) is 30.7 Å². The van der Waals surface area contributed by atoms with Crippen molar-refractivity contribution in [3.63, 3.8) is 0 Å². The standard InChI is InChI=1S/C15H18ClN3O2/c1-2-3-7-21-8-6-17-10-14-18-13-9-11(16)4-5-12(13)15(20)19-14/h2,4-5,9,17H,1,3,6-8,10H2,(H,18,19,20). The highest BCUT2D eigenvalue weighted by Gasteiger charge is 2.04. The van der Waals surface area contributed by atoms with Crippen LogP contribution in [0.2, 0.25) is 5.02 Å². The largest absolute Gasteiger partial charge is 0.380 e. The van der Waals surface area contributed by atoms with Crippen molar-refractivity contribution >= 4 is 22.5 Å². The minimum absolute atomic E-state index is 0.157. The van der Waals surface area contributed by atoms with Gasteiger partial charge in [-0.25, -0.2) is 4.98 Å². The molecule has 5 nitrogen and oxygen atoms in total. The molecule has 0 atom stereocenters. The van der Waals surface area contributed by atoms with Crippen molar-refractivity contribution in [1.29, 1.82) is 0 Å². The van der Waals surface area contributed by atoms with Crippen molar-refractivity contribution in [3.8, 4) is 0 Å². The molecule has 0 fully saturated rings. The molecule has 0 aliphatic rings. The predicted octanol–water partition coefficient (Wildman–Crippen LogP) is 2.26. The van der Waals surface area contributed by atoms with Gasteiger partial charge in [-0.05, 0) is 24.6 Å². The lowest BCUT2D eigenvalue weighted by atomic mass is 10.2. The molecule has 0 bridgehead atoms. The van der Waals surface area contributed by atoms with E-state index < -0.39 is 0 Å². The molecule has 2 rings (SSSR count). The number of benzene rings is 1. The van der Waals surface area contributed by atoms with E-state index in [2.05, 4.69) is 21.9 Å². The third kappa shape index (κ3) is 4.67. The van der Waals surface area contributed by atoms with Crippen LogP contribution in [-0.2, 0) is 11.3 Å². The van der Waals surface area contributed by atoms with E-state index in [0.29, 0.717) is 48.1 Å². The molecule has 0 amide bonds. The monoisotopic (exact) mass is 307 g/mol. The molecule has 0 radical (unpaired) electrons. The predicted molar refractivity (Wildman–Crippen MR) is 84.7 cm³/mol. The lowest BCUT2D eigenvalue weighted by molar-refractivity contribution is 0.140. The number of halogens is 1. The lowest BCUT2D eigenvalue weighted by Crippen LogP contribution is -2.23. The van der Waals surface area contributed by atoms with Crippen LogP contribution >= 0.6 is 11.6 Å². The SMILES string of the molecule is C=CCCOCCNCc1nc2cc(Cl)ccc2c(=O)[nH]1. The van der Waals surface area contributed by atoms with E-state index in [4.69, 9.17) is 16.3 Å². The molecular formula is C15H18ClN3O2. The van der Waals surface area contributed by atoms with Crippen molar-refractivity contribution in [2.75, 3.05) is 19.8 Å². The normalized spacial score (nSPS) is 10.9. The maximum absolute atomic E-state index is 11.9. The number of nitrogens with zero attached hydrogens (tertiary/aromatic N) is 1. The van der Waals surface area contributed by atoms with Gasteiger partial charge in [0.2, 0.25) is 0 Å². The molecule has 1 heterocycles. The number of H-pyrrole nitrogens is 1. The molecule has 0 spiro atoms. The van der Waals surface area contributed by atoms with Crippen LogP contribution in [0.5, 0.6) is 0 Å². The summed E-state index contributed by atoms with van der Waals surface area (Å²) in [7, 11) is 0. The summed E-state index contributed by atoms with van der Waals surface area (Å²) < 4.78 is 5.38. The summed E-state index contributed by atoms with van der Waals surface area (Å²) in [5, 5.41) is 4.27. The Morgan fingerprint density at radius 1 is 1.43 bits per heavy atom. The third-order valence-corrected chi connectivity index (χ3v) is 3.13. The molecule has 1 aromatic carbocycles. The number of aromatic amines is 1. The van der Waals surface area contributed by atoms with Crippen LogP contribution in [0, 0.1) is 0 Å². The summed E-state index contributed by atoms with van der Waals surface area (Å²) in [6.45, 7) is 6.07. The summed E-state index contributed by atoms with van der Waals surface area (Å²) in [5.74, 6) is 0.584. The molecule has 0 aliphatic carbocycles. The number of rotatable bonds is 8. The van der Waals surface area contributed by atoms with Crippen molar-refractivity contribution in [2.45, 2.75) is 13.0 Å². The van der Waals surface area contributed by atoms with Gasteiger partial charge in [-0.1, -0.05) is 17.7 Å². The molecular weight excluding hydrogens is 290 g/mol. The van der Waals surface area contributed by atoms with E-state index in [9.17, 15) is 4.79 Å². The van der Waals surface area contributed by atoms with E-state index >= 15 is 0 Å². The Kier molecular flexibility index (Phi) is 5.92. The smallest absolute Gasteiger partial charge is 0.258 e. The first-order valence-corrected chi connectivity index (χ1v) is 7.16. The van der Waals surface area contributed by atoms with Gasteiger partial charge >= 0.3 is 0 Å². The number of aromatic nitrogens is 2. The van der Waals surface area contributed by atoms with Gasteiger partial charge in [-0.15, -0.1) is 6.58 Å². The van der Waals surface area contributed by atoms with Crippen molar-refractivity contribution < 1.29 is 4.74 Å². The Morgan fingerprint density at radius 2 is 2.29 bits per heavy atom. The third-order valence-electron chi connectivity index (χ3n) is 2.90. The molecule has 21 heavy (non-hydrogen) atoms. The quantitative estimate of drug-likeness (QED) is 0.580. The summed E-state index contributed by atoms with van der Waals surface area (Å²) in [5.41, 5.74) is 0.445. The topological polar surface area (TPSA) is 67.0 Å². The number of fused-ring (bicyclic) bond motifs is 1. The van der Waals surface area contributed by atoms with Crippen LogP contribution in [0.1, 0.15) is 12.2 Å².